The molecule has 1 heterocycles. The van der Waals surface area contributed by atoms with Crippen LogP contribution in [0, 0.1) is 5.41 Å². The zero-order valence-electron chi connectivity index (χ0n) is 10.0. The quantitative estimate of drug-likeness (QED) is 0.838. The number of hydrogen-bond acceptors (Lipinski definition) is 2. The van der Waals surface area contributed by atoms with Crippen LogP contribution in [0.2, 0.25) is 0 Å². The molecule has 1 unspecified atom stereocenters. The van der Waals surface area contributed by atoms with E-state index in [2.05, 4.69) is 37.4 Å². The summed E-state index contributed by atoms with van der Waals surface area (Å²) in [5, 5.41) is 3.62. The van der Waals surface area contributed by atoms with E-state index in [1.165, 1.54) is 29.7 Å². The molecule has 16 heavy (non-hydrogen) atoms. The molecule has 0 radical (unpaired) electrons. The van der Waals surface area contributed by atoms with E-state index >= 15 is 0 Å². The Morgan fingerprint density at radius 1 is 1.25 bits per heavy atom. The minimum absolute atomic E-state index is 0.523. The summed E-state index contributed by atoms with van der Waals surface area (Å²) in [6.45, 7) is 6.21. The Balaban J connectivity index is 1.75. The molecule has 1 saturated carbocycles. The number of ether oxygens (including phenoxy) is 1. The fraction of sp³-hybridized carbons (Fsp3) is 0.571. The lowest BCUT2D eigenvalue weighted by atomic mass is 10.00. The zero-order chi connectivity index (χ0) is 11.2. The van der Waals surface area contributed by atoms with Crippen molar-refractivity contribution < 1.29 is 4.74 Å². The summed E-state index contributed by atoms with van der Waals surface area (Å²) in [6.07, 6.45) is 2.71. The van der Waals surface area contributed by atoms with Gasteiger partial charge in [0, 0.05) is 11.7 Å². The van der Waals surface area contributed by atoms with Crippen molar-refractivity contribution in [3.8, 4) is 0 Å². The van der Waals surface area contributed by atoms with Gasteiger partial charge in [-0.25, -0.2) is 0 Å². The highest BCUT2D eigenvalue weighted by molar-refractivity contribution is 5.50. The Morgan fingerprint density at radius 2 is 2.00 bits per heavy atom. The van der Waals surface area contributed by atoms with Crippen LogP contribution in [0.5, 0.6) is 0 Å². The molecule has 86 valence electrons. The lowest BCUT2D eigenvalue weighted by Gasteiger charge is -2.21. The van der Waals surface area contributed by atoms with Crippen molar-refractivity contribution in [2.24, 2.45) is 5.41 Å². The molecule has 1 atom stereocenters. The third kappa shape index (κ3) is 1.71. The van der Waals surface area contributed by atoms with Crippen LogP contribution in [0.3, 0.4) is 0 Å². The standard InChI is InChI=1S/C14H19NO/c1-10(14(2)5-6-14)15-13-4-3-11-8-16-9-12(11)7-13/h3-4,7,10,15H,5-6,8-9H2,1-2H3. The summed E-state index contributed by atoms with van der Waals surface area (Å²) < 4.78 is 5.43. The molecule has 0 aromatic heterocycles. The van der Waals surface area contributed by atoms with Crippen LogP contribution in [0.15, 0.2) is 18.2 Å². The normalized spacial score (nSPS) is 22.6. The summed E-state index contributed by atoms with van der Waals surface area (Å²) in [5.74, 6) is 0. The van der Waals surface area contributed by atoms with E-state index in [-0.39, 0.29) is 0 Å². The average molecular weight is 217 g/mol. The van der Waals surface area contributed by atoms with Gasteiger partial charge in [-0.2, -0.15) is 0 Å². The highest BCUT2D eigenvalue weighted by Gasteiger charge is 2.42. The third-order valence-corrected chi connectivity index (χ3v) is 4.19. The number of anilines is 1. The Morgan fingerprint density at radius 3 is 2.75 bits per heavy atom. The summed E-state index contributed by atoms with van der Waals surface area (Å²) in [4.78, 5) is 0. The van der Waals surface area contributed by atoms with Crippen molar-refractivity contribution in [1.82, 2.24) is 0 Å². The monoisotopic (exact) mass is 217 g/mol. The Labute approximate surface area is 97.0 Å². The highest BCUT2D eigenvalue weighted by Crippen LogP contribution is 2.48. The van der Waals surface area contributed by atoms with E-state index in [9.17, 15) is 0 Å². The Hall–Kier alpha value is -1.02. The lowest BCUT2D eigenvalue weighted by Crippen LogP contribution is -2.24. The van der Waals surface area contributed by atoms with Crippen molar-refractivity contribution in [3.05, 3.63) is 29.3 Å². The number of rotatable bonds is 3. The van der Waals surface area contributed by atoms with Crippen LogP contribution in [-0.2, 0) is 18.0 Å². The molecule has 0 saturated heterocycles. The molecule has 1 aromatic carbocycles. The minimum Gasteiger partial charge on any atom is -0.382 e. The first-order valence-corrected chi connectivity index (χ1v) is 6.13. The van der Waals surface area contributed by atoms with Crippen molar-refractivity contribution in [2.75, 3.05) is 5.32 Å². The van der Waals surface area contributed by atoms with Crippen LogP contribution >= 0.6 is 0 Å². The lowest BCUT2D eigenvalue weighted by molar-refractivity contribution is 0.134. The van der Waals surface area contributed by atoms with E-state index in [1.54, 1.807) is 0 Å². The third-order valence-electron chi connectivity index (χ3n) is 4.19. The molecule has 2 aliphatic rings. The van der Waals surface area contributed by atoms with Gasteiger partial charge >= 0.3 is 0 Å². The van der Waals surface area contributed by atoms with E-state index in [4.69, 9.17) is 4.74 Å². The largest absolute Gasteiger partial charge is 0.382 e. The second-order valence-corrected chi connectivity index (χ2v) is 5.50. The summed E-state index contributed by atoms with van der Waals surface area (Å²) in [5.41, 5.74) is 4.45. The number of fused-ring (bicyclic) bond motifs is 1. The summed E-state index contributed by atoms with van der Waals surface area (Å²) >= 11 is 0. The van der Waals surface area contributed by atoms with Gasteiger partial charge in [0.25, 0.3) is 0 Å². The van der Waals surface area contributed by atoms with Gasteiger partial charge in [-0.3, -0.25) is 0 Å². The van der Waals surface area contributed by atoms with Gasteiger partial charge in [0.05, 0.1) is 13.2 Å². The molecule has 0 spiro atoms. The van der Waals surface area contributed by atoms with Crippen LogP contribution in [0.1, 0.15) is 37.8 Å². The van der Waals surface area contributed by atoms with Crippen molar-refractivity contribution in [1.29, 1.82) is 0 Å². The average Bonchev–Trinajstić information content (AvgIpc) is 2.87. The van der Waals surface area contributed by atoms with E-state index in [1.807, 2.05) is 0 Å². The Kier molecular flexibility index (Phi) is 2.21. The topological polar surface area (TPSA) is 21.3 Å². The van der Waals surface area contributed by atoms with Crippen LogP contribution < -0.4 is 5.32 Å². The second kappa shape index (κ2) is 3.49. The van der Waals surface area contributed by atoms with E-state index in [0.29, 0.717) is 11.5 Å². The molecule has 0 bridgehead atoms. The van der Waals surface area contributed by atoms with Gasteiger partial charge in [0.1, 0.15) is 0 Å². The van der Waals surface area contributed by atoms with Gasteiger partial charge in [-0.1, -0.05) is 13.0 Å². The number of hydrogen-bond donors (Lipinski definition) is 1. The highest BCUT2D eigenvalue weighted by atomic mass is 16.5. The van der Waals surface area contributed by atoms with Gasteiger partial charge in [0.2, 0.25) is 0 Å². The fourth-order valence-electron chi connectivity index (χ4n) is 2.32. The molecular formula is C14H19NO. The van der Waals surface area contributed by atoms with E-state index < -0.39 is 0 Å². The van der Waals surface area contributed by atoms with Gasteiger partial charge in [0.15, 0.2) is 0 Å². The molecule has 1 aromatic rings. The molecule has 2 heteroatoms. The van der Waals surface area contributed by atoms with Crippen LogP contribution in [0.25, 0.3) is 0 Å². The Bertz CT molecular complexity index is 409. The number of benzene rings is 1. The molecule has 0 amide bonds. The maximum Gasteiger partial charge on any atom is 0.0725 e. The second-order valence-electron chi connectivity index (χ2n) is 5.50. The first-order chi connectivity index (χ1) is 7.67. The zero-order valence-corrected chi connectivity index (χ0v) is 10.0. The molecular weight excluding hydrogens is 198 g/mol. The van der Waals surface area contributed by atoms with Gasteiger partial charge < -0.3 is 10.1 Å². The van der Waals surface area contributed by atoms with E-state index in [0.717, 1.165) is 13.2 Å². The van der Waals surface area contributed by atoms with Crippen molar-refractivity contribution >= 4 is 5.69 Å². The number of nitrogens with one attached hydrogen (secondary N) is 1. The molecule has 1 aliphatic heterocycles. The summed E-state index contributed by atoms with van der Waals surface area (Å²) in [6, 6.07) is 7.17. The van der Waals surface area contributed by atoms with Crippen molar-refractivity contribution in [2.45, 2.75) is 45.9 Å². The molecule has 1 aliphatic carbocycles. The van der Waals surface area contributed by atoms with Gasteiger partial charge in [-0.05, 0) is 48.4 Å². The molecule has 2 nitrogen and oxygen atoms in total. The first kappa shape index (κ1) is 10.2. The minimum atomic E-state index is 0.523. The SMILES string of the molecule is CC(Nc1ccc2c(c1)COC2)C1(C)CC1. The van der Waals surface area contributed by atoms with Gasteiger partial charge in [-0.15, -0.1) is 0 Å². The maximum atomic E-state index is 5.43. The fourth-order valence-corrected chi connectivity index (χ4v) is 2.32. The predicted molar refractivity (Wildman–Crippen MR) is 65.4 cm³/mol. The molecule has 1 N–H and O–H groups in total. The van der Waals surface area contributed by atoms with Crippen LogP contribution in [-0.4, -0.2) is 6.04 Å². The molecule has 1 fully saturated rings. The van der Waals surface area contributed by atoms with Crippen LogP contribution in [0.4, 0.5) is 5.69 Å². The maximum absolute atomic E-state index is 5.43. The summed E-state index contributed by atoms with van der Waals surface area (Å²) in [7, 11) is 0. The smallest absolute Gasteiger partial charge is 0.0725 e. The van der Waals surface area contributed by atoms with Crippen molar-refractivity contribution in [3.63, 3.8) is 0 Å². The molecule has 3 rings (SSSR count). The first-order valence-electron chi connectivity index (χ1n) is 6.13. The predicted octanol–water partition coefficient (Wildman–Crippen LogP) is 3.32.